The SMILES string of the molecule is CC1CC1CNC(CN)CC(=O)N1CCCC1. The number of carbonyl (C=O) groups excluding carboxylic acids is 1. The molecule has 1 aliphatic heterocycles. The van der Waals surface area contributed by atoms with Crippen molar-refractivity contribution < 1.29 is 4.79 Å². The molecule has 2 aliphatic rings. The van der Waals surface area contributed by atoms with E-state index in [-0.39, 0.29) is 11.9 Å². The summed E-state index contributed by atoms with van der Waals surface area (Å²) >= 11 is 0. The predicted octanol–water partition coefficient (Wildman–Crippen LogP) is 0.572. The van der Waals surface area contributed by atoms with Gasteiger partial charge in [0.15, 0.2) is 0 Å². The van der Waals surface area contributed by atoms with Gasteiger partial charge in [-0.2, -0.15) is 0 Å². The zero-order valence-electron chi connectivity index (χ0n) is 10.8. The Morgan fingerprint density at radius 2 is 2.12 bits per heavy atom. The number of rotatable bonds is 6. The molecule has 1 saturated heterocycles. The van der Waals surface area contributed by atoms with Crippen molar-refractivity contribution in [1.82, 2.24) is 10.2 Å². The number of nitrogens with two attached hydrogens (primary N) is 1. The van der Waals surface area contributed by atoms with E-state index in [1.807, 2.05) is 4.90 Å². The third-order valence-corrected chi connectivity index (χ3v) is 4.11. The molecule has 98 valence electrons. The van der Waals surface area contributed by atoms with Crippen LogP contribution in [0.3, 0.4) is 0 Å². The number of nitrogens with one attached hydrogen (secondary N) is 1. The second-order valence-electron chi connectivity index (χ2n) is 5.61. The molecule has 0 spiro atoms. The molecular formula is C13H25N3O. The van der Waals surface area contributed by atoms with E-state index in [9.17, 15) is 4.79 Å². The zero-order valence-corrected chi connectivity index (χ0v) is 10.8. The van der Waals surface area contributed by atoms with Gasteiger partial charge in [0.2, 0.25) is 5.91 Å². The minimum atomic E-state index is 0.163. The van der Waals surface area contributed by atoms with Crippen LogP contribution in [0.2, 0.25) is 0 Å². The van der Waals surface area contributed by atoms with Crippen LogP contribution in [0.15, 0.2) is 0 Å². The van der Waals surface area contributed by atoms with E-state index in [0.29, 0.717) is 13.0 Å². The number of nitrogens with zero attached hydrogens (tertiary/aromatic N) is 1. The average molecular weight is 239 g/mol. The fourth-order valence-electron chi connectivity index (χ4n) is 2.55. The molecule has 2 fully saturated rings. The molecule has 17 heavy (non-hydrogen) atoms. The van der Waals surface area contributed by atoms with Gasteiger partial charge >= 0.3 is 0 Å². The number of amides is 1. The van der Waals surface area contributed by atoms with Crippen LogP contribution in [-0.2, 0) is 4.79 Å². The van der Waals surface area contributed by atoms with Crippen LogP contribution in [0.5, 0.6) is 0 Å². The first-order valence-corrected chi connectivity index (χ1v) is 6.92. The van der Waals surface area contributed by atoms with E-state index >= 15 is 0 Å². The van der Waals surface area contributed by atoms with E-state index in [1.165, 1.54) is 6.42 Å². The third-order valence-electron chi connectivity index (χ3n) is 4.11. The summed E-state index contributed by atoms with van der Waals surface area (Å²) in [5, 5.41) is 3.44. The zero-order chi connectivity index (χ0) is 12.3. The molecule has 3 unspecified atom stereocenters. The highest BCUT2D eigenvalue weighted by Gasteiger charge is 2.32. The molecule has 4 heteroatoms. The molecule has 1 amide bonds. The van der Waals surface area contributed by atoms with Crippen LogP contribution in [0, 0.1) is 11.8 Å². The van der Waals surface area contributed by atoms with Gasteiger partial charge in [0, 0.05) is 32.1 Å². The van der Waals surface area contributed by atoms with Crippen molar-refractivity contribution in [2.75, 3.05) is 26.2 Å². The number of hydrogen-bond acceptors (Lipinski definition) is 3. The lowest BCUT2D eigenvalue weighted by molar-refractivity contribution is -0.130. The van der Waals surface area contributed by atoms with Gasteiger partial charge in [-0.1, -0.05) is 6.92 Å². The van der Waals surface area contributed by atoms with Crippen LogP contribution >= 0.6 is 0 Å². The van der Waals surface area contributed by atoms with Crippen LogP contribution in [0.4, 0.5) is 0 Å². The normalized spacial score (nSPS) is 29.4. The van der Waals surface area contributed by atoms with Gasteiger partial charge in [-0.3, -0.25) is 4.79 Å². The second-order valence-corrected chi connectivity index (χ2v) is 5.61. The van der Waals surface area contributed by atoms with Gasteiger partial charge in [0.1, 0.15) is 0 Å². The molecule has 0 aromatic carbocycles. The van der Waals surface area contributed by atoms with Gasteiger partial charge in [0.05, 0.1) is 0 Å². The Labute approximate surface area is 104 Å². The van der Waals surface area contributed by atoms with Crippen LogP contribution in [0.25, 0.3) is 0 Å². The lowest BCUT2D eigenvalue weighted by Crippen LogP contribution is -2.42. The maximum absolute atomic E-state index is 12.0. The number of hydrogen-bond donors (Lipinski definition) is 2. The van der Waals surface area contributed by atoms with Crippen molar-refractivity contribution in [1.29, 1.82) is 0 Å². The molecule has 4 nitrogen and oxygen atoms in total. The standard InChI is InChI=1S/C13H25N3O/c1-10-6-11(10)9-15-12(8-14)7-13(17)16-4-2-3-5-16/h10-12,15H,2-9,14H2,1H3. The molecule has 1 heterocycles. The maximum Gasteiger partial charge on any atom is 0.224 e. The van der Waals surface area contributed by atoms with E-state index in [2.05, 4.69) is 12.2 Å². The Bertz CT molecular complexity index is 263. The van der Waals surface area contributed by atoms with E-state index in [1.54, 1.807) is 0 Å². The third kappa shape index (κ3) is 3.68. The summed E-state index contributed by atoms with van der Waals surface area (Å²) in [5.74, 6) is 1.94. The number of likely N-dealkylation sites (tertiary alicyclic amines) is 1. The molecule has 3 atom stereocenters. The average Bonchev–Trinajstić information content (AvgIpc) is 2.84. The summed E-state index contributed by atoms with van der Waals surface area (Å²) in [5.41, 5.74) is 5.73. The molecule has 0 bridgehead atoms. The van der Waals surface area contributed by atoms with Gasteiger partial charge in [-0.25, -0.2) is 0 Å². The molecule has 0 aromatic rings. The molecule has 1 aliphatic carbocycles. The quantitative estimate of drug-likeness (QED) is 0.712. The molecule has 0 radical (unpaired) electrons. The monoisotopic (exact) mass is 239 g/mol. The minimum Gasteiger partial charge on any atom is -0.343 e. The molecule has 3 N–H and O–H groups in total. The van der Waals surface area contributed by atoms with E-state index < -0.39 is 0 Å². The van der Waals surface area contributed by atoms with Crippen molar-refractivity contribution in [2.24, 2.45) is 17.6 Å². The topological polar surface area (TPSA) is 58.4 Å². The summed E-state index contributed by atoms with van der Waals surface area (Å²) in [6, 6.07) is 0.163. The minimum absolute atomic E-state index is 0.163. The maximum atomic E-state index is 12.0. The van der Waals surface area contributed by atoms with Gasteiger partial charge < -0.3 is 16.0 Å². The highest BCUT2D eigenvalue weighted by atomic mass is 16.2. The fourth-order valence-corrected chi connectivity index (χ4v) is 2.55. The first-order chi connectivity index (χ1) is 8.20. The smallest absolute Gasteiger partial charge is 0.224 e. The van der Waals surface area contributed by atoms with Crippen molar-refractivity contribution in [3.8, 4) is 0 Å². The van der Waals surface area contributed by atoms with E-state index in [4.69, 9.17) is 5.73 Å². The lowest BCUT2D eigenvalue weighted by Gasteiger charge is -2.21. The molecular weight excluding hydrogens is 214 g/mol. The molecule has 0 aromatic heterocycles. The summed E-state index contributed by atoms with van der Waals surface area (Å²) in [6.07, 6.45) is 4.21. The molecule has 2 rings (SSSR count). The van der Waals surface area contributed by atoms with Crippen LogP contribution in [0.1, 0.15) is 32.6 Å². The van der Waals surface area contributed by atoms with Crippen LogP contribution < -0.4 is 11.1 Å². The first kappa shape index (κ1) is 12.8. The fraction of sp³-hybridized carbons (Fsp3) is 0.923. The van der Waals surface area contributed by atoms with Gasteiger partial charge in [-0.15, -0.1) is 0 Å². The molecule has 1 saturated carbocycles. The summed E-state index contributed by atoms with van der Waals surface area (Å²) < 4.78 is 0. The Morgan fingerprint density at radius 3 is 2.65 bits per heavy atom. The summed E-state index contributed by atoms with van der Waals surface area (Å²) in [4.78, 5) is 13.9. The number of carbonyl (C=O) groups is 1. The van der Waals surface area contributed by atoms with Gasteiger partial charge in [-0.05, 0) is 37.6 Å². The Morgan fingerprint density at radius 1 is 1.47 bits per heavy atom. The largest absolute Gasteiger partial charge is 0.343 e. The second kappa shape index (κ2) is 5.83. The Kier molecular flexibility index (Phi) is 4.40. The Hall–Kier alpha value is -0.610. The predicted molar refractivity (Wildman–Crippen MR) is 68.5 cm³/mol. The summed E-state index contributed by atoms with van der Waals surface area (Å²) in [7, 11) is 0. The highest BCUT2D eigenvalue weighted by Crippen LogP contribution is 2.36. The summed E-state index contributed by atoms with van der Waals surface area (Å²) in [6.45, 7) is 5.74. The van der Waals surface area contributed by atoms with Crippen molar-refractivity contribution in [3.63, 3.8) is 0 Å². The highest BCUT2D eigenvalue weighted by molar-refractivity contribution is 5.77. The first-order valence-electron chi connectivity index (χ1n) is 6.92. The van der Waals surface area contributed by atoms with Gasteiger partial charge in [0.25, 0.3) is 0 Å². The van der Waals surface area contributed by atoms with Crippen molar-refractivity contribution in [2.45, 2.75) is 38.6 Å². The Balaban J connectivity index is 1.68. The van der Waals surface area contributed by atoms with Crippen molar-refractivity contribution >= 4 is 5.91 Å². The van der Waals surface area contributed by atoms with Crippen molar-refractivity contribution in [3.05, 3.63) is 0 Å². The van der Waals surface area contributed by atoms with Crippen LogP contribution in [-0.4, -0.2) is 43.0 Å². The lowest BCUT2D eigenvalue weighted by atomic mass is 10.1. The van der Waals surface area contributed by atoms with E-state index in [0.717, 1.165) is 44.3 Å².